The molecule has 1 amide bonds. The lowest BCUT2D eigenvalue weighted by molar-refractivity contribution is -0.139. The van der Waals surface area contributed by atoms with Gasteiger partial charge in [-0.1, -0.05) is 47.1 Å². The summed E-state index contributed by atoms with van der Waals surface area (Å²) in [5.74, 6) is -1.66. The van der Waals surface area contributed by atoms with Crippen molar-refractivity contribution >= 4 is 27.8 Å². The zero-order chi connectivity index (χ0) is 16.3. The van der Waals surface area contributed by atoms with Gasteiger partial charge in [0.15, 0.2) is 6.04 Å². The first-order valence-corrected chi connectivity index (χ1v) is 7.43. The van der Waals surface area contributed by atoms with E-state index in [9.17, 15) is 14.7 Å². The Morgan fingerprint density at radius 3 is 2.41 bits per heavy atom. The van der Waals surface area contributed by atoms with Gasteiger partial charge in [0.05, 0.1) is 5.69 Å². The van der Waals surface area contributed by atoms with Gasteiger partial charge >= 0.3 is 5.97 Å². The molecule has 1 heterocycles. The molecule has 0 aliphatic rings. The van der Waals surface area contributed by atoms with Crippen molar-refractivity contribution in [3.8, 4) is 0 Å². The van der Waals surface area contributed by atoms with Gasteiger partial charge in [-0.05, 0) is 23.6 Å². The summed E-state index contributed by atoms with van der Waals surface area (Å²) >= 11 is 3.28. The van der Waals surface area contributed by atoms with Crippen molar-refractivity contribution in [3.05, 3.63) is 51.8 Å². The number of carboxylic acids is 1. The molecule has 2 N–H and O–H groups in total. The molecule has 0 saturated heterocycles. The van der Waals surface area contributed by atoms with Gasteiger partial charge in [0.25, 0.3) is 5.91 Å². The first-order valence-electron chi connectivity index (χ1n) is 6.64. The fraction of sp³-hybridized carbons (Fsp3) is 0.267. The van der Waals surface area contributed by atoms with E-state index in [4.69, 9.17) is 4.52 Å². The van der Waals surface area contributed by atoms with E-state index in [1.165, 1.54) is 6.07 Å². The van der Waals surface area contributed by atoms with Crippen LogP contribution >= 0.6 is 15.9 Å². The smallest absolute Gasteiger partial charge is 0.330 e. The van der Waals surface area contributed by atoms with Gasteiger partial charge in [0, 0.05) is 10.5 Å². The van der Waals surface area contributed by atoms with Gasteiger partial charge in [0.1, 0.15) is 0 Å². The van der Waals surface area contributed by atoms with Crippen molar-refractivity contribution in [2.45, 2.75) is 25.8 Å². The molecule has 0 radical (unpaired) electrons. The third kappa shape index (κ3) is 3.73. The number of rotatable bonds is 5. The summed E-state index contributed by atoms with van der Waals surface area (Å²) in [5.41, 5.74) is 1.10. The number of halogens is 1. The molecular weight excluding hydrogens is 352 g/mol. The number of nitrogens with zero attached hydrogens (tertiary/aromatic N) is 1. The van der Waals surface area contributed by atoms with Crippen LogP contribution in [0.1, 0.15) is 47.6 Å². The van der Waals surface area contributed by atoms with Gasteiger partial charge in [-0.3, -0.25) is 4.79 Å². The van der Waals surface area contributed by atoms with Crippen molar-refractivity contribution in [2.75, 3.05) is 0 Å². The van der Waals surface area contributed by atoms with Gasteiger partial charge < -0.3 is 14.9 Å². The average molecular weight is 367 g/mol. The van der Waals surface area contributed by atoms with Gasteiger partial charge in [-0.25, -0.2) is 4.79 Å². The molecule has 2 rings (SSSR count). The average Bonchev–Trinajstić information content (AvgIpc) is 2.95. The Morgan fingerprint density at radius 1 is 1.27 bits per heavy atom. The number of aliphatic carboxylic acids is 1. The van der Waals surface area contributed by atoms with Crippen LogP contribution in [0.15, 0.2) is 39.3 Å². The van der Waals surface area contributed by atoms with Crippen LogP contribution in [0.5, 0.6) is 0 Å². The van der Waals surface area contributed by atoms with Gasteiger partial charge in [0.2, 0.25) is 5.76 Å². The van der Waals surface area contributed by atoms with Crippen LogP contribution in [0, 0.1) is 0 Å². The number of hydrogen-bond acceptors (Lipinski definition) is 4. The highest BCUT2D eigenvalue weighted by atomic mass is 79.9. The van der Waals surface area contributed by atoms with Crippen molar-refractivity contribution in [3.63, 3.8) is 0 Å². The first-order chi connectivity index (χ1) is 10.4. The van der Waals surface area contributed by atoms with Crippen LogP contribution < -0.4 is 5.32 Å². The summed E-state index contributed by atoms with van der Waals surface area (Å²) in [6.07, 6.45) is 0. The second-order valence-corrected chi connectivity index (χ2v) is 5.98. The molecule has 1 aromatic carbocycles. The molecule has 0 spiro atoms. The molecule has 0 aliphatic carbocycles. The molecular formula is C15H15BrN2O4. The molecule has 1 aromatic heterocycles. The van der Waals surface area contributed by atoms with Crippen molar-refractivity contribution in [1.82, 2.24) is 10.5 Å². The van der Waals surface area contributed by atoms with Crippen LogP contribution in [0.3, 0.4) is 0 Å². The maximum absolute atomic E-state index is 12.1. The standard InChI is InChI=1S/C15H15BrN2O4/c1-8(2)11-7-12(22-18-11)14(19)17-13(15(20)21)9-3-5-10(16)6-4-9/h3-8,13H,1-2H3,(H,17,19)(H,20,21). The zero-order valence-electron chi connectivity index (χ0n) is 12.0. The van der Waals surface area contributed by atoms with E-state index in [1.54, 1.807) is 24.3 Å². The fourth-order valence-electron chi connectivity index (χ4n) is 1.81. The summed E-state index contributed by atoms with van der Waals surface area (Å²) < 4.78 is 5.78. The zero-order valence-corrected chi connectivity index (χ0v) is 13.6. The molecule has 1 unspecified atom stereocenters. The molecule has 0 bridgehead atoms. The monoisotopic (exact) mass is 366 g/mol. The Morgan fingerprint density at radius 2 is 1.91 bits per heavy atom. The van der Waals surface area contributed by atoms with Crippen LogP contribution in [-0.2, 0) is 4.79 Å². The quantitative estimate of drug-likeness (QED) is 0.847. The number of benzene rings is 1. The minimum absolute atomic E-state index is 0.00735. The number of carboxylic acid groups (broad SMARTS) is 1. The lowest BCUT2D eigenvalue weighted by Gasteiger charge is -2.13. The number of aromatic nitrogens is 1. The normalized spacial score (nSPS) is 12.2. The van der Waals surface area contributed by atoms with E-state index in [2.05, 4.69) is 26.4 Å². The van der Waals surface area contributed by atoms with Crippen LogP contribution in [0.25, 0.3) is 0 Å². The summed E-state index contributed by atoms with van der Waals surface area (Å²) in [7, 11) is 0. The third-order valence-corrected chi connectivity index (χ3v) is 3.60. The van der Waals surface area contributed by atoms with E-state index < -0.39 is 17.9 Å². The van der Waals surface area contributed by atoms with E-state index in [0.717, 1.165) is 4.47 Å². The maximum atomic E-state index is 12.1. The summed E-state index contributed by atoms with van der Waals surface area (Å²) in [4.78, 5) is 23.5. The third-order valence-electron chi connectivity index (χ3n) is 3.07. The number of hydrogen-bond donors (Lipinski definition) is 2. The summed E-state index contributed by atoms with van der Waals surface area (Å²) in [5, 5.41) is 15.5. The minimum Gasteiger partial charge on any atom is -0.479 e. The van der Waals surface area contributed by atoms with Crippen LogP contribution in [0.2, 0.25) is 0 Å². The molecule has 22 heavy (non-hydrogen) atoms. The second kappa shape index (κ2) is 6.74. The lowest BCUT2D eigenvalue weighted by atomic mass is 10.1. The molecule has 7 heteroatoms. The van der Waals surface area contributed by atoms with Gasteiger partial charge in [-0.2, -0.15) is 0 Å². The largest absolute Gasteiger partial charge is 0.479 e. The van der Waals surface area contributed by atoms with Crippen molar-refractivity contribution < 1.29 is 19.2 Å². The Labute approximate surface area is 135 Å². The van der Waals surface area contributed by atoms with E-state index in [0.29, 0.717) is 11.3 Å². The topological polar surface area (TPSA) is 92.4 Å². The second-order valence-electron chi connectivity index (χ2n) is 5.07. The first kappa shape index (κ1) is 16.2. The Hall–Kier alpha value is -2.15. The Bertz CT molecular complexity index is 679. The highest BCUT2D eigenvalue weighted by molar-refractivity contribution is 9.10. The number of carbonyl (C=O) groups is 2. The Kier molecular flexibility index (Phi) is 4.97. The van der Waals surface area contributed by atoms with Crippen molar-refractivity contribution in [1.29, 1.82) is 0 Å². The summed E-state index contributed by atoms with van der Waals surface area (Å²) in [6.45, 7) is 3.84. The Balaban J connectivity index is 2.18. The fourth-order valence-corrected chi connectivity index (χ4v) is 2.08. The molecule has 0 fully saturated rings. The predicted molar refractivity (Wildman–Crippen MR) is 82.6 cm³/mol. The SMILES string of the molecule is CC(C)c1cc(C(=O)NC(C(=O)O)c2ccc(Br)cc2)on1. The van der Waals surface area contributed by atoms with E-state index >= 15 is 0 Å². The number of carbonyl (C=O) groups excluding carboxylic acids is 1. The molecule has 116 valence electrons. The lowest BCUT2D eigenvalue weighted by Crippen LogP contribution is -2.33. The van der Waals surface area contributed by atoms with Crippen LogP contribution in [-0.4, -0.2) is 22.1 Å². The highest BCUT2D eigenvalue weighted by Crippen LogP contribution is 2.19. The summed E-state index contributed by atoms with van der Waals surface area (Å²) in [6, 6.07) is 7.03. The van der Waals surface area contributed by atoms with Crippen LogP contribution in [0.4, 0.5) is 0 Å². The number of nitrogens with one attached hydrogen (secondary N) is 1. The van der Waals surface area contributed by atoms with E-state index in [1.807, 2.05) is 13.8 Å². The van der Waals surface area contributed by atoms with Gasteiger partial charge in [-0.15, -0.1) is 0 Å². The van der Waals surface area contributed by atoms with E-state index in [-0.39, 0.29) is 11.7 Å². The maximum Gasteiger partial charge on any atom is 0.330 e. The molecule has 2 aromatic rings. The molecule has 0 saturated carbocycles. The molecule has 1 atom stereocenters. The minimum atomic E-state index is -1.16. The predicted octanol–water partition coefficient (Wildman–Crippen LogP) is 3.12. The highest BCUT2D eigenvalue weighted by Gasteiger charge is 2.24. The molecule has 0 aliphatic heterocycles. The molecule has 6 nitrogen and oxygen atoms in total. The van der Waals surface area contributed by atoms with Crippen molar-refractivity contribution in [2.24, 2.45) is 0 Å². The number of amides is 1.